The average Bonchev–Trinajstić information content (AvgIpc) is 2.53. The molecule has 0 radical (unpaired) electrons. The van der Waals surface area contributed by atoms with E-state index in [4.69, 9.17) is 4.43 Å². The fourth-order valence-electron chi connectivity index (χ4n) is 3.43. The van der Waals surface area contributed by atoms with Gasteiger partial charge in [0.15, 0.2) is 8.32 Å². The number of unbranched alkanes of at least 4 members (excludes halogenated alkanes) is 5. The third-order valence-corrected chi connectivity index (χ3v) is 9.53. The molecule has 1 nitrogen and oxygen atoms in total. The molecule has 0 aromatic carbocycles. The second kappa shape index (κ2) is 16.5. The third-order valence-electron chi connectivity index (χ3n) is 4.48. The highest BCUT2D eigenvalue weighted by molar-refractivity contribution is 6.73. The molecule has 0 aromatic rings. The van der Waals surface area contributed by atoms with E-state index in [1.54, 1.807) is 0 Å². The summed E-state index contributed by atoms with van der Waals surface area (Å²) in [5, 5.41) is 0. The van der Waals surface area contributed by atoms with Gasteiger partial charge in [0.25, 0.3) is 0 Å². The fourth-order valence-corrected chi connectivity index (χ4v) is 7.92. The van der Waals surface area contributed by atoms with Crippen LogP contribution in [0.25, 0.3) is 0 Å². The Labute approximate surface area is 147 Å². The zero-order chi connectivity index (χ0) is 17.2. The zero-order valence-corrected chi connectivity index (χ0v) is 17.4. The summed E-state index contributed by atoms with van der Waals surface area (Å²) < 4.78 is 6.54. The molecule has 0 aromatic heterocycles. The van der Waals surface area contributed by atoms with E-state index in [0.717, 1.165) is 6.61 Å². The van der Waals surface area contributed by atoms with Crippen LogP contribution in [0.2, 0.25) is 18.1 Å². The Kier molecular flexibility index (Phi) is 16.3. The second-order valence-corrected chi connectivity index (χ2v) is 10.9. The van der Waals surface area contributed by atoms with E-state index in [1.165, 1.54) is 75.9 Å². The first-order valence-corrected chi connectivity index (χ1v) is 12.7. The average molecular weight is 339 g/mol. The smallest absolute Gasteiger partial charge is 0.192 e. The summed E-state index contributed by atoms with van der Waals surface area (Å²) in [5.74, 6) is 0. The molecule has 136 valence electrons. The van der Waals surface area contributed by atoms with Crippen LogP contribution >= 0.6 is 0 Å². The Bertz CT molecular complexity index is 279. The number of rotatable bonds is 16. The van der Waals surface area contributed by atoms with Gasteiger partial charge in [-0.05, 0) is 44.3 Å². The van der Waals surface area contributed by atoms with E-state index in [2.05, 4.69) is 52.0 Å². The molecular formula is C21H42OSi. The monoisotopic (exact) mass is 338 g/mol. The van der Waals surface area contributed by atoms with Crippen molar-refractivity contribution in [1.29, 1.82) is 0 Å². The maximum atomic E-state index is 6.54. The van der Waals surface area contributed by atoms with E-state index in [-0.39, 0.29) is 0 Å². The minimum atomic E-state index is -1.41. The first-order chi connectivity index (χ1) is 11.2. The Hall–Kier alpha value is -0.343. The summed E-state index contributed by atoms with van der Waals surface area (Å²) in [5.41, 5.74) is 0. The molecule has 0 aliphatic heterocycles. The molecule has 0 fully saturated rings. The topological polar surface area (TPSA) is 9.23 Å². The van der Waals surface area contributed by atoms with Gasteiger partial charge >= 0.3 is 0 Å². The lowest BCUT2D eigenvalue weighted by molar-refractivity contribution is 0.283. The van der Waals surface area contributed by atoms with Crippen molar-refractivity contribution >= 4 is 8.32 Å². The van der Waals surface area contributed by atoms with Crippen LogP contribution in [0.3, 0.4) is 0 Å². The maximum Gasteiger partial charge on any atom is 0.192 e. The van der Waals surface area contributed by atoms with E-state index in [1.807, 2.05) is 0 Å². The number of hydrogen-bond acceptors (Lipinski definition) is 1. The lowest BCUT2D eigenvalue weighted by Gasteiger charge is -2.31. The highest BCUT2D eigenvalue weighted by atomic mass is 28.4. The standard InChI is InChI=1S/C21H42OSi/c1-5-9-10-11-12-13-14-15-16-17-18-22-23(19-6-2,20-7-3)21-8-4/h5,9-11H,6-8,12-21H2,1-4H3. The SMILES string of the molecule is CC=CC=CCCCCCCCO[Si](CCC)(CCC)CCC. The Balaban J connectivity index is 3.76. The van der Waals surface area contributed by atoms with Gasteiger partial charge in [0, 0.05) is 6.61 Å². The van der Waals surface area contributed by atoms with Gasteiger partial charge in [0.1, 0.15) is 0 Å². The van der Waals surface area contributed by atoms with Crippen molar-refractivity contribution in [1.82, 2.24) is 0 Å². The largest absolute Gasteiger partial charge is 0.417 e. The molecule has 0 rings (SSSR count). The molecule has 0 aliphatic rings. The van der Waals surface area contributed by atoms with Crippen LogP contribution in [-0.2, 0) is 4.43 Å². The van der Waals surface area contributed by atoms with Crippen molar-refractivity contribution in [3.05, 3.63) is 24.3 Å². The summed E-state index contributed by atoms with van der Waals surface area (Å²) in [7, 11) is -1.41. The molecule has 0 spiro atoms. The number of allylic oxidation sites excluding steroid dienone is 4. The van der Waals surface area contributed by atoms with E-state index in [0.29, 0.717) is 0 Å². The van der Waals surface area contributed by atoms with Crippen LogP contribution in [0, 0.1) is 0 Å². The molecule has 0 heterocycles. The molecule has 0 aliphatic carbocycles. The van der Waals surface area contributed by atoms with Crippen LogP contribution in [-0.4, -0.2) is 14.9 Å². The van der Waals surface area contributed by atoms with Crippen molar-refractivity contribution in [3.63, 3.8) is 0 Å². The van der Waals surface area contributed by atoms with Crippen LogP contribution in [0.5, 0.6) is 0 Å². The van der Waals surface area contributed by atoms with E-state index >= 15 is 0 Å². The Morgan fingerprint density at radius 1 is 0.739 bits per heavy atom. The molecule has 23 heavy (non-hydrogen) atoms. The van der Waals surface area contributed by atoms with E-state index in [9.17, 15) is 0 Å². The second-order valence-electron chi connectivity index (χ2n) is 6.79. The van der Waals surface area contributed by atoms with Gasteiger partial charge in [-0.15, -0.1) is 0 Å². The first kappa shape index (κ1) is 22.7. The highest BCUT2D eigenvalue weighted by Crippen LogP contribution is 2.27. The van der Waals surface area contributed by atoms with Crippen LogP contribution in [0.4, 0.5) is 0 Å². The molecule has 0 saturated heterocycles. The minimum absolute atomic E-state index is 1.02. The lowest BCUT2D eigenvalue weighted by Crippen LogP contribution is -2.38. The molecule has 0 amide bonds. The maximum absolute atomic E-state index is 6.54. The molecule has 0 bridgehead atoms. The molecule has 0 unspecified atom stereocenters. The summed E-state index contributed by atoms with van der Waals surface area (Å²) in [4.78, 5) is 0. The highest BCUT2D eigenvalue weighted by Gasteiger charge is 2.31. The van der Waals surface area contributed by atoms with E-state index < -0.39 is 8.32 Å². The lowest BCUT2D eigenvalue weighted by atomic mass is 10.1. The van der Waals surface area contributed by atoms with Gasteiger partial charge < -0.3 is 4.43 Å². The van der Waals surface area contributed by atoms with Crippen LogP contribution < -0.4 is 0 Å². The van der Waals surface area contributed by atoms with Crippen molar-refractivity contribution in [2.45, 2.75) is 104 Å². The van der Waals surface area contributed by atoms with Crippen LogP contribution in [0.1, 0.15) is 85.5 Å². The fraction of sp³-hybridized carbons (Fsp3) is 0.810. The van der Waals surface area contributed by atoms with Gasteiger partial charge in [0.05, 0.1) is 0 Å². The minimum Gasteiger partial charge on any atom is -0.417 e. The quantitative estimate of drug-likeness (QED) is 0.159. The van der Waals surface area contributed by atoms with Gasteiger partial charge in [0.2, 0.25) is 0 Å². The number of hydrogen-bond donors (Lipinski definition) is 0. The van der Waals surface area contributed by atoms with Crippen molar-refractivity contribution < 1.29 is 4.43 Å². The van der Waals surface area contributed by atoms with Crippen LogP contribution in [0.15, 0.2) is 24.3 Å². The zero-order valence-electron chi connectivity index (χ0n) is 16.4. The summed E-state index contributed by atoms with van der Waals surface area (Å²) in [6.45, 7) is 10.0. The van der Waals surface area contributed by atoms with Crippen molar-refractivity contribution in [3.8, 4) is 0 Å². The third kappa shape index (κ3) is 12.7. The van der Waals surface area contributed by atoms with Gasteiger partial charge in [-0.3, -0.25) is 0 Å². The Morgan fingerprint density at radius 2 is 1.30 bits per heavy atom. The summed E-state index contributed by atoms with van der Waals surface area (Å²) >= 11 is 0. The summed E-state index contributed by atoms with van der Waals surface area (Å²) in [6, 6.07) is 4.10. The van der Waals surface area contributed by atoms with Gasteiger partial charge in [-0.25, -0.2) is 0 Å². The van der Waals surface area contributed by atoms with Crippen molar-refractivity contribution in [2.75, 3.05) is 6.61 Å². The van der Waals surface area contributed by atoms with Gasteiger partial charge in [-0.2, -0.15) is 0 Å². The molecule has 0 saturated carbocycles. The molecule has 0 atom stereocenters. The molecular weight excluding hydrogens is 296 g/mol. The predicted octanol–water partition coefficient (Wildman–Crippen LogP) is 7.65. The predicted molar refractivity (Wildman–Crippen MR) is 109 cm³/mol. The Morgan fingerprint density at radius 3 is 1.87 bits per heavy atom. The molecule has 2 heteroatoms. The summed E-state index contributed by atoms with van der Waals surface area (Å²) in [6.07, 6.45) is 20.4. The molecule has 0 N–H and O–H groups in total. The normalized spacial score (nSPS) is 12.7. The van der Waals surface area contributed by atoms with Crippen molar-refractivity contribution in [2.24, 2.45) is 0 Å². The van der Waals surface area contributed by atoms with Gasteiger partial charge in [-0.1, -0.05) is 83.6 Å². The first-order valence-electron chi connectivity index (χ1n) is 10.2.